The van der Waals surface area contributed by atoms with Crippen LogP contribution in [0.3, 0.4) is 0 Å². The van der Waals surface area contributed by atoms with Gasteiger partial charge in [-0.15, -0.1) is 0 Å². The molecule has 17 heavy (non-hydrogen) atoms. The summed E-state index contributed by atoms with van der Waals surface area (Å²) in [7, 11) is -3.58. The van der Waals surface area contributed by atoms with Gasteiger partial charge >= 0.3 is 0 Å². The number of nitrogen functional groups attached to an aromatic ring is 2. The van der Waals surface area contributed by atoms with Crippen LogP contribution in [0.1, 0.15) is 10.4 Å². The maximum atomic E-state index is 11.6. The highest BCUT2D eigenvalue weighted by atomic mass is 32.2. The number of hydrogen-bond acceptors (Lipinski definition) is 5. The zero-order chi connectivity index (χ0) is 13.1. The number of rotatable bonds is 4. The van der Waals surface area contributed by atoms with Crippen LogP contribution in [-0.4, -0.2) is 26.6 Å². The summed E-state index contributed by atoms with van der Waals surface area (Å²) < 4.78 is 21.3. The van der Waals surface area contributed by atoms with Gasteiger partial charge in [-0.25, -0.2) is 13.6 Å². The fourth-order valence-electron chi connectivity index (χ4n) is 1.19. The van der Waals surface area contributed by atoms with Crippen molar-refractivity contribution in [1.82, 2.24) is 5.32 Å². The minimum atomic E-state index is -3.58. The van der Waals surface area contributed by atoms with E-state index in [2.05, 4.69) is 5.32 Å². The van der Waals surface area contributed by atoms with Crippen molar-refractivity contribution in [3.63, 3.8) is 0 Å². The molecule has 1 amide bonds. The average molecular weight is 258 g/mol. The molecule has 1 rings (SSSR count). The van der Waals surface area contributed by atoms with Gasteiger partial charge in [-0.05, 0) is 18.2 Å². The van der Waals surface area contributed by atoms with Gasteiger partial charge in [-0.3, -0.25) is 4.79 Å². The Morgan fingerprint density at radius 3 is 2.47 bits per heavy atom. The molecule has 1 aromatic carbocycles. The zero-order valence-corrected chi connectivity index (χ0v) is 9.83. The molecule has 0 fully saturated rings. The van der Waals surface area contributed by atoms with E-state index in [0.717, 1.165) is 0 Å². The fraction of sp³-hybridized carbons (Fsp3) is 0.222. The van der Waals surface area contributed by atoms with Gasteiger partial charge in [0, 0.05) is 17.9 Å². The van der Waals surface area contributed by atoms with E-state index in [1.54, 1.807) is 0 Å². The lowest BCUT2D eigenvalue weighted by atomic mass is 10.1. The average Bonchev–Trinajstić information content (AvgIpc) is 2.15. The summed E-state index contributed by atoms with van der Waals surface area (Å²) in [5.74, 6) is -0.792. The third-order valence-corrected chi connectivity index (χ3v) is 2.77. The Kier molecular flexibility index (Phi) is 3.92. The van der Waals surface area contributed by atoms with Crippen LogP contribution in [0.15, 0.2) is 18.2 Å². The Labute approximate surface area is 99.0 Å². The quantitative estimate of drug-likeness (QED) is 0.505. The summed E-state index contributed by atoms with van der Waals surface area (Å²) in [5, 5.41) is 7.19. The Morgan fingerprint density at radius 1 is 1.29 bits per heavy atom. The lowest BCUT2D eigenvalue weighted by molar-refractivity contribution is 0.0957. The zero-order valence-electron chi connectivity index (χ0n) is 9.01. The van der Waals surface area contributed by atoms with Gasteiger partial charge in [0.25, 0.3) is 5.91 Å². The highest BCUT2D eigenvalue weighted by Gasteiger charge is 2.10. The van der Waals surface area contributed by atoms with Crippen LogP contribution < -0.4 is 21.9 Å². The molecule has 0 unspecified atom stereocenters. The van der Waals surface area contributed by atoms with Crippen molar-refractivity contribution in [2.24, 2.45) is 5.14 Å². The van der Waals surface area contributed by atoms with Crippen molar-refractivity contribution in [3.05, 3.63) is 23.8 Å². The number of primary sulfonamides is 1. The van der Waals surface area contributed by atoms with Crippen molar-refractivity contribution in [3.8, 4) is 0 Å². The summed E-state index contributed by atoms with van der Waals surface area (Å²) in [6.45, 7) is -0.0680. The molecule has 94 valence electrons. The molecule has 0 bridgehead atoms. The van der Waals surface area contributed by atoms with Crippen molar-refractivity contribution in [1.29, 1.82) is 0 Å². The lowest BCUT2D eigenvalue weighted by Gasteiger charge is -2.07. The summed E-state index contributed by atoms with van der Waals surface area (Å²) in [4.78, 5) is 11.6. The first-order valence-corrected chi connectivity index (χ1v) is 6.45. The Morgan fingerprint density at radius 2 is 1.94 bits per heavy atom. The minimum Gasteiger partial charge on any atom is -0.399 e. The number of sulfonamides is 1. The van der Waals surface area contributed by atoms with Crippen molar-refractivity contribution < 1.29 is 13.2 Å². The minimum absolute atomic E-state index is 0.0680. The summed E-state index contributed by atoms with van der Waals surface area (Å²) in [6.07, 6.45) is 0. The van der Waals surface area contributed by atoms with Gasteiger partial charge in [0.15, 0.2) is 0 Å². The van der Waals surface area contributed by atoms with Crippen LogP contribution in [0, 0.1) is 0 Å². The summed E-state index contributed by atoms with van der Waals surface area (Å²) >= 11 is 0. The van der Waals surface area contributed by atoms with Crippen LogP contribution in [0.4, 0.5) is 11.4 Å². The van der Waals surface area contributed by atoms with Crippen LogP contribution >= 0.6 is 0 Å². The van der Waals surface area contributed by atoms with E-state index in [1.165, 1.54) is 18.2 Å². The molecule has 0 aromatic heterocycles. The molecule has 0 saturated carbocycles. The molecule has 0 aliphatic carbocycles. The van der Waals surface area contributed by atoms with Crippen molar-refractivity contribution in [2.75, 3.05) is 23.8 Å². The number of hydrogen-bond donors (Lipinski definition) is 4. The highest BCUT2D eigenvalue weighted by Crippen LogP contribution is 2.15. The molecular formula is C9H14N4O3S. The number of amides is 1. The summed E-state index contributed by atoms with van der Waals surface area (Å²) in [6, 6.07) is 4.45. The van der Waals surface area contributed by atoms with E-state index >= 15 is 0 Å². The molecule has 0 radical (unpaired) electrons. The highest BCUT2D eigenvalue weighted by molar-refractivity contribution is 7.89. The van der Waals surface area contributed by atoms with Gasteiger partial charge < -0.3 is 16.8 Å². The standard InChI is InChI=1S/C9H14N4O3S/c10-6-1-2-7(8(11)5-6)9(14)13-3-4-17(12,15)16/h1-2,5H,3-4,10-11H2,(H,13,14)(H2,12,15,16). The van der Waals surface area contributed by atoms with Gasteiger partial charge in [0.05, 0.1) is 11.3 Å². The predicted octanol–water partition coefficient (Wildman–Crippen LogP) is -1.13. The van der Waals surface area contributed by atoms with Gasteiger partial charge in [0.1, 0.15) is 0 Å². The number of nitrogens with one attached hydrogen (secondary N) is 1. The molecule has 8 heteroatoms. The van der Waals surface area contributed by atoms with Crippen LogP contribution in [0.2, 0.25) is 0 Å². The normalized spacial score (nSPS) is 11.1. The maximum Gasteiger partial charge on any atom is 0.253 e. The Balaban J connectivity index is 2.65. The number of benzene rings is 1. The van der Waals surface area contributed by atoms with Crippen LogP contribution in [0.5, 0.6) is 0 Å². The smallest absolute Gasteiger partial charge is 0.253 e. The van der Waals surface area contributed by atoms with Gasteiger partial charge in [-0.1, -0.05) is 0 Å². The van der Waals surface area contributed by atoms with E-state index in [4.69, 9.17) is 16.6 Å². The van der Waals surface area contributed by atoms with Crippen LogP contribution in [-0.2, 0) is 10.0 Å². The second-order valence-electron chi connectivity index (χ2n) is 3.47. The number of carbonyl (C=O) groups is 1. The monoisotopic (exact) mass is 258 g/mol. The molecule has 7 N–H and O–H groups in total. The maximum absolute atomic E-state index is 11.6. The third-order valence-electron chi connectivity index (χ3n) is 1.99. The SMILES string of the molecule is Nc1ccc(C(=O)NCCS(N)(=O)=O)c(N)c1. The molecule has 0 heterocycles. The predicted molar refractivity (Wildman–Crippen MR) is 65.6 cm³/mol. The molecule has 0 saturated heterocycles. The van der Waals surface area contributed by atoms with E-state index in [0.29, 0.717) is 5.69 Å². The molecule has 7 nitrogen and oxygen atoms in total. The molecule has 0 aliphatic rings. The first kappa shape index (κ1) is 13.3. The Hall–Kier alpha value is -1.80. The molecule has 0 spiro atoms. The molecule has 1 aromatic rings. The van der Waals surface area contributed by atoms with E-state index in [-0.39, 0.29) is 23.5 Å². The first-order valence-electron chi connectivity index (χ1n) is 4.73. The second-order valence-corrected chi connectivity index (χ2v) is 5.20. The van der Waals surface area contributed by atoms with E-state index < -0.39 is 15.9 Å². The van der Waals surface area contributed by atoms with Crippen molar-refractivity contribution >= 4 is 27.3 Å². The number of carbonyl (C=O) groups excluding carboxylic acids is 1. The topological polar surface area (TPSA) is 141 Å². The van der Waals surface area contributed by atoms with E-state index in [1.807, 2.05) is 0 Å². The summed E-state index contributed by atoms with van der Waals surface area (Å²) in [5.41, 5.74) is 12.0. The second kappa shape index (κ2) is 5.02. The van der Waals surface area contributed by atoms with Crippen molar-refractivity contribution in [2.45, 2.75) is 0 Å². The largest absolute Gasteiger partial charge is 0.399 e. The third kappa shape index (κ3) is 4.29. The van der Waals surface area contributed by atoms with Crippen LogP contribution in [0.25, 0.3) is 0 Å². The van der Waals surface area contributed by atoms with E-state index in [9.17, 15) is 13.2 Å². The number of nitrogens with two attached hydrogens (primary N) is 3. The molecular weight excluding hydrogens is 244 g/mol. The molecule has 0 atom stereocenters. The molecule has 0 aliphatic heterocycles. The fourth-order valence-corrected chi connectivity index (χ4v) is 1.58. The first-order chi connectivity index (χ1) is 7.79. The number of anilines is 2. The Bertz CT molecular complexity index is 527. The van der Waals surface area contributed by atoms with Gasteiger partial charge in [0.2, 0.25) is 10.0 Å². The van der Waals surface area contributed by atoms with Gasteiger partial charge in [-0.2, -0.15) is 0 Å². The lowest BCUT2D eigenvalue weighted by Crippen LogP contribution is -2.31.